The Hall–Kier alpha value is -3.39. The number of fused-ring (bicyclic) bond motifs is 1. The van der Waals surface area contributed by atoms with Crippen molar-refractivity contribution < 1.29 is 19.4 Å². The van der Waals surface area contributed by atoms with Crippen LogP contribution in [0.25, 0.3) is 22.3 Å². The molecule has 2 fully saturated rings. The summed E-state index contributed by atoms with van der Waals surface area (Å²) in [6, 6.07) is 13.3. The van der Waals surface area contributed by atoms with Crippen LogP contribution >= 0.6 is 0 Å². The van der Waals surface area contributed by atoms with E-state index in [0.29, 0.717) is 31.1 Å². The molecule has 8 heteroatoms. The van der Waals surface area contributed by atoms with E-state index < -0.39 is 0 Å². The molecule has 2 aliphatic rings. The summed E-state index contributed by atoms with van der Waals surface area (Å²) in [6.07, 6.45) is 2.26. The number of aryl methyl sites for hydroxylation is 1. The van der Waals surface area contributed by atoms with Gasteiger partial charge in [-0.15, -0.1) is 0 Å². The maximum absolute atomic E-state index is 12.2. The summed E-state index contributed by atoms with van der Waals surface area (Å²) in [6.45, 7) is 5.36. The topological polar surface area (TPSA) is 96.8 Å². The Morgan fingerprint density at radius 3 is 2.94 bits per heavy atom. The smallest absolute Gasteiger partial charge is 0.407 e. The van der Waals surface area contributed by atoms with Crippen molar-refractivity contribution in [3.05, 3.63) is 48.0 Å². The molecule has 2 saturated heterocycles. The molecule has 0 aliphatic carbocycles. The van der Waals surface area contributed by atoms with Crippen molar-refractivity contribution in [2.75, 3.05) is 37.7 Å². The average molecular weight is 463 g/mol. The molecule has 178 valence electrons. The number of ether oxygens (including phenoxy) is 2. The fourth-order valence-electron chi connectivity index (χ4n) is 4.70. The van der Waals surface area contributed by atoms with Crippen LogP contribution in [-0.4, -0.2) is 60.1 Å². The number of phenolic OH excluding ortho intramolecular Hbond substituents is 1. The number of aromatic hydroxyl groups is 1. The van der Waals surface area contributed by atoms with Crippen molar-refractivity contribution in [1.82, 2.24) is 15.3 Å². The van der Waals surface area contributed by atoms with E-state index in [1.807, 2.05) is 19.1 Å². The van der Waals surface area contributed by atoms with Crippen LogP contribution in [0.1, 0.15) is 24.8 Å². The van der Waals surface area contributed by atoms with E-state index >= 15 is 0 Å². The lowest BCUT2D eigenvalue weighted by atomic mass is 9.97. The molecule has 0 saturated carbocycles. The summed E-state index contributed by atoms with van der Waals surface area (Å²) in [5, 5.41) is 14.3. The fraction of sp³-hybridized carbons (Fsp3) is 0.423. The highest BCUT2D eigenvalue weighted by atomic mass is 16.6. The number of nitrogens with zero attached hydrogens (tertiary/aromatic N) is 3. The third-order valence-corrected chi connectivity index (χ3v) is 6.49. The lowest BCUT2D eigenvalue weighted by Gasteiger charge is -2.34. The monoisotopic (exact) mass is 462 g/mol. The van der Waals surface area contributed by atoms with Crippen LogP contribution < -0.4 is 10.2 Å². The SMILES string of the molecule is Cc1ccc2c(N3CCCC(CNC(=O)O[C@H]4CCOC4)C3)nc(-c3ccccc3O)nc2c1. The summed E-state index contributed by atoms with van der Waals surface area (Å²) in [5.41, 5.74) is 2.58. The normalized spacial score (nSPS) is 20.4. The molecular weight excluding hydrogens is 432 g/mol. The Bertz CT molecular complexity index is 1180. The van der Waals surface area contributed by atoms with E-state index in [0.717, 1.165) is 54.6 Å². The fourth-order valence-corrected chi connectivity index (χ4v) is 4.70. The highest BCUT2D eigenvalue weighted by Gasteiger charge is 2.25. The number of piperidine rings is 1. The molecule has 0 radical (unpaired) electrons. The van der Waals surface area contributed by atoms with E-state index in [-0.39, 0.29) is 23.9 Å². The van der Waals surface area contributed by atoms with Gasteiger partial charge in [-0.2, -0.15) is 0 Å². The zero-order valence-electron chi connectivity index (χ0n) is 19.4. The van der Waals surface area contributed by atoms with E-state index in [1.54, 1.807) is 12.1 Å². The Morgan fingerprint density at radius 1 is 1.24 bits per heavy atom. The Morgan fingerprint density at radius 2 is 2.12 bits per heavy atom. The summed E-state index contributed by atoms with van der Waals surface area (Å²) < 4.78 is 10.7. The van der Waals surface area contributed by atoms with Gasteiger partial charge in [0.15, 0.2) is 5.82 Å². The van der Waals surface area contributed by atoms with E-state index in [4.69, 9.17) is 19.4 Å². The molecule has 2 aliphatic heterocycles. The summed E-state index contributed by atoms with van der Waals surface area (Å²) in [4.78, 5) is 24.1. The first-order valence-corrected chi connectivity index (χ1v) is 11.9. The molecule has 2 aromatic carbocycles. The molecule has 8 nitrogen and oxygen atoms in total. The molecule has 3 aromatic rings. The van der Waals surface area contributed by atoms with Gasteiger partial charge in [0.1, 0.15) is 17.7 Å². The van der Waals surface area contributed by atoms with E-state index in [2.05, 4.69) is 28.4 Å². The first-order valence-electron chi connectivity index (χ1n) is 11.9. The van der Waals surface area contributed by atoms with Crippen molar-refractivity contribution in [2.24, 2.45) is 5.92 Å². The number of amides is 1. The van der Waals surface area contributed by atoms with Gasteiger partial charge in [-0.25, -0.2) is 14.8 Å². The van der Waals surface area contributed by atoms with Crippen molar-refractivity contribution in [3.8, 4) is 17.1 Å². The number of aromatic nitrogens is 2. The lowest BCUT2D eigenvalue weighted by molar-refractivity contribution is 0.0821. The average Bonchev–Trinajstić information content (AvgIpc) is 3.35. The molecule has 2 N–H and O–H groups in total. The minimum Gasteiger partial charge on any atom is -0.507 e. The van der Waals surface area contributed by atoms with Gasteiger partial charge in [0.2, 0.25) is 0 Å². The number of rotatable bonds is 5. The predicted molar refractivity (Wildman–Crippen MR) is 130 cm³/mol. The number of para-hydroxylation sites is 1. The molecule has 5 rings (SSSR count). The molecule has 1 aromatic heterocycles. The number of carbonyl (C=O) groups is 1. The van der Waals surface area contributed by atoms with Crippen LogP contribution in [0.3, 0.4) is 0 Å². The van der Waals surface area contributed by atoms with Gasteiger partial charge in [0, 0.05) is 31.4 Å². The number of hydrogen-bond acceptors (Lipinski definition) is 7. The molecule has 2 atom stereocenters. The van der Waals surface area contributed by atoms with E-state index in [1.165, 1.54) is 0 Å². The van der Waals surface area contributed by atoms with E-state index in [9.17, 15) is 9.90 Å². The van der Waals surface area contributed by atoms with Crippen LogP contribution in [0.15, 0.2) is 42.5 Å². The Balaban J connectivity index is 1.37. The second-order valence-corrected chi connectivity index (χ2v) is 9.13. The standard InChI is InChI=1S/C26H30N4O4/c1-17-8-9-20-22(13-17)28-24(21-6-2-3-7-23(21)31)29-25(20)30-11-4-5-18(15-30)14-27-26(32)34-19-10-12-33-16-19/h2-3,6-9,13,18-19,31H,4-5,10-12,14-16H2,1H3,(H,27,32)/t18?,19-/m0/s1. The van der Waals surface area contributed by atoms with Crippen molar-refractivity contribution >= 4 is 22.8 Å². The van der Waals surface area contributed by atoms with Gasteiger partial charge in [-0.3, -0.25) is 0 Å². The molecule has 1 amide bonds. The van der Waals surface area contributed by atoms with Crippen LogP contribution in [0.5, 0.6) is 5.75 Å². The van der Waals surface area contributed by atoms with Gasteiger partial charge in [-0.1, -0.05) is 18.2 Å². The molecule has 34 heavy (non-hydrogen) atoms. The third kappa shape index (κ3) is 4.92. The summed E-state index contributed by atoms with van der Waals surface area (Å²) >= 11 is 0. The van der Waals surface area contributed by atoms with Crippen LogP contribution in [-0.2, 0) is 9.47 Å². The minimum absolute atomic E-state index is 0.147. The third-order valence-electron chi connectivity index (χ3n) is 6.49. The second kappa shape index (κ2) is 9.85. The molecular formula is C26H30N4O4. The van der Waals surface area contributed by atoms with Gasteiger partial charge in [0.05, 0.1) is 24.3 Å². The number of nitrogens with one attached hydrogen (secondary N) is 1. The maximum Gasteiger partial charge on any atom is 0.407 e. The molecule has 1 unspecified atom stereocenters. The first-order chi connectivity index (χ1) is 16.6. The predicted octanol–water partition coefficient (Wildman–Crippen LogP) is 4.04. The van der Waals surface area contributed by atoms with Gasteiger partial charge in [-0.05, 0) is 55.5 Å². The van der Waals surface area contributed by atoms with Crippen LogP contribution in [0, 0.1) is 12.8 Å². The molecule has 3 heterocycles. The largest absolute Gasteiger partial charge is 0.507 e. The minimum atomic E-state index is -0.377. The maximum atomic E-state index is 12.2. The molecule has 0 bridgehead atoms. The summed E-state index contributed by atoms with van der Waals surface area (Å²) in [7, 11) is 0. The Labute approximate surface area is 198 Å². The zero-order valence-corrected chi connectivity index (χ0v) is 19.4. The lowest BCUT2D eigenvalue weighted by Crippen LogP contribution is -2.42. The van der Waals surface area contributed by atoms with Crippen LogP contribution in [0.4, 0.5) is 10.6 Å². The quantitative estimate of drug-likeness (QED) is 0.591. The highest BCUT2D eigenvalue weighted by Crippen LogP contribution is 2.33. The number of alkyl carbamates (subject to hydrolysis) is 1. The van der Waals surface area contributed by atoms with Crippen LogP contribution in [0.2, 0.25) is 0 Å². The Kier molecular flexibility index (Phi) is 6.49. The van der Waals surface area contributed by atoms with Gasteiger partial charge >= 0.3 is 6.09 Å². The number of carbonyl (C=O) groups excluding carboxylic acids is 1. The number of hydrogen-bond donors (Lipinski definition) is 2. The van der Waals surface area contributed by atoms with Crippen molar-refractivity contribution in [3.63, 3.8) is 0 Å². The number of anilines is 1. The second-order valence-electron chi connectivity index (χ2n) is 9.13. The van der Waals surface area contributed by atoms with Gasteiger partial charge < -0.3 is 24.8 Å². The van der Waals surface area contributed by atoms with Gasteiger partial charge in [0.25, 0.3) is 0 Å². The summed E-state index contributed by atoms with van der Waals surface area (Å²) in [5.74, 6) is 1.81. The number of benzene rings is 2. The number of phenols is 1. The zero-order chi connectivity index (χ0) is 23.5. The first kappa shape index (κ1) is 22.4. The highest BCUT2D eigenvalue weighted by molar-refractivity contribution is 5.92. The van der Waals surface area contributed by atoms with Crippen molar-refractivity contribution in [2.45, 2.75) is 32.3 Å². The molecule has 0 spiro atoms. The van der Waals surface area contributed by atoms with Crippen molar-refractivity contribution in [1.29, 1.82) is 0 Å².